The topological polar surface area (TPSA) is 54.2 Å². The highest BCUT2D eigenvalue weighted by Crippen LogP contribution is 2.14. The van der Waals surface area contributed by atoms with E-state index >= 15 is 0 Å². The highest BCUT2D eigenvalue weighted by molar-refractivity contribution is 14.0. The average Bonchev–Trinajstić information content (AvgIpc) is 2.78. The van der Waals surface area contributed by atoms with Crippen molar-refractivity contribution in [3.8, 4) is 0 Å². The summed E-state index contributed by atoms with van der Waals surface area (Å²) in [5, 5.41) is 12.0. The second-order valence-electron chi connectivity index (χ2n) is 6.08. The number of aromatic nitrogens is 2. The van der Waals surface area contributed by atoms with Crippen LogP contribution in [0.3, 0.4) is 0 Å². The van der Waals surface area contributed by atoms with E-state index in [1.54, 1.807) is 7.05 Å². The molecule has 2 rings (SSSR count). The van der Waals surface area contributed by atoms with Crippen LogP contribution in [0.2, 0.25) is 5.02 Å². The number of rotatable bonds is 5. The first-order valence-electron chi connectivity index (χ1n) is 8.11. The molecular weight excluding hydrogens is 449 g/mol. The van der Waals surface area contributed by atoms with Crippen LogP contribution in [0.5, 0.6) is 0 Å². The maximum atomic E-state index is 6.02. The Morgan fingerprint density at radius 3 is 2.64 bits per heavy atom. The van der Waals surface area contributed by atoms with Gasteiger partial charge in [-0.1, -0.05) is 23.7 Å². The Hall–Kier alpha value is -1.28. The summed E-state index contributed by atoms with van der Waals surface area (Å²) < 4.78 is 1.93. The van der Waals surface area contributed by atoms with E-state index in [9.17, 15) is 0 Å². The molecule has 1 unspecified atom stereocenters. The Balaban J connectivity index is 0.00000312. The second kappa shape index (κ2) is 10.0. The van der Waals surface area contributed by atoms with Gasteiger partial charge in [0.05, 0.1) is 5.69 Å². The van der Waals surface area contributed by atoms with Crippen LogP contribution in [-0.4, -0.2) is 28.8 Å². The Morgan fingerprint density at radius 1 is 1.36 bits per heavy atom. The van der Waals surface area contributed by atoms with Gasteiger partial charge in [0.25, 0.3) is 0 Å². The molecule has 0 aliphatic carbocycles. The van der Waals surface area contributed by atoms with E-state index in [0.717, 1.165) is 28.7 Å². The van der Waals surface area contributed by atoms with Crippen LogP contribution in [0.25, 0.3) is 0 Å². The van der Waals surface area contributed by atoms with E-state index in [-0.39, 0.29) is 30.0 Å². The minimum absolute atomic E-state index is 0. The summed E-state index contributed by atoms with van der Waals surface area (Å²) in [5.74, 6) is 0.779. The monoisotopic (exact) mass is 475 g/mol. The van der Waals surface area contributed by atoms with Crippen molar-refractivity contribution in [1.82, 2.24) is 20.4 Å². The van der Waals surface area contributed by atoms with Gasteiger partial charge in [0.1, 0.15) is 0 Å². The van der Waals surface area contributed by atoms with Crippen LogP contribution in [-0.2, 0) is 20.0 Å². The lowest BCUT2D eigenvalue weighted by Gasteiger charge is -2.18. The van der Waals surface area contributed by atoms with Gasteiger partial charge in [-0.15, -0.1) is 24.0 Å². The standard InChI is InChI=1S/C18H26ClN5.HI/c1-12(9-17-13(2)23-24(5)14(17)3)22-18(20-4)21-11-15-7-6-8-16(19)10-15;/h6-8,10,12H,9,11H2,1-5H3,(H2,20,21,22);1H. The number of guanidine groups is 1. The van der Waals surface area contributed by atoms with E-state index in [0.29, 0.717) is 6.54 Å². The first-order chi connectivity index (χ1) is 11.4. The van der Waals surface area contributed by atoms with Gasteiger partial charge >= 0.3 is 0 Å². The Kier molecular flexibility index (Phi) is 8.71. The quantitative estimate of drug-likeness (QED) is 0.395. The third-order valence-corrected chi connectivity index (χ3v) is 4.36. The average molecular weight is 476 g/mol. The molecule has 0 saturated carbocycles. The van der Waals surface area contributed by atoms with Gasteiger partial charge in [-0.2, -0.15) is 5.10 Å². The first-order valence-corrected chi connectivity index (χ1v) is 8.49. The molecule has 2 N–H and O–H groups in total. The molecule has 1 aromatic carbocycles. The number of benzene rings is 1. The summed E-state index contributed by atoms with van der Waals surface area (Å²) in [4.78, 5) is 4.30. The van der Waals surface area contributed by atoms with Crippen LogP contribution in [0.4, 0.5) is 0 Å². The Morgan fingerprint density at radius 2 is 2.08 bits per heavy atom. The van der Waals surface area contributed by atoms with Crippen molar-refractivity contribution in [2.45, 2.75) is 39.8 Å². The molecule has 138 valence electrons. The third kappa shape index (κ3) is 6.18. The SMILES string of the molecule is CN=C(NCc1cccc(Cl)c1)NC(C)Cc1c(C)nn(C)c1C.I. The molecule has 1 heterocycles. The normalized spacial score (nSPS) is 12.5. The van der Waals surface area contributed by atoms with Crippen molar-refractivity contribution in [3.05, 3.63) is 51.8 Å². The van der Waals surface area contributed by atoms with Gasteiger partial charge in [0.2, 0.25) is 0 Å². The Bertz CT molecular complexity index is 726. The molecule has 2 aromatic rings. The van der Waals surface area contributed by atoms with Gasteiger partial charge in [-0.3, -0.25) is 9.67 Å². The summed E-state index contributed by atoms with van der Waals surface area (Å²) in [6.45, 7) is 6.99. The fraction of sp³-hybridized carbons (Fsp3) is 0.444. The minimum atomic E-state index is 0. The van der Waals surface area contributed by atoms with Crippen molar-refractivity contribution < 1.29 is 0 Å². The van der Waals surface area contributed by atoms with Crippen molar-refractivity contribution in [1.29, 1.82) is 0 Å². The van der Waals surface area contributed by atoms with Crippen LogP contribution in [0.1, 0.15) is 29.4 Å². The van der Waals surface area contributed by atoms with Crippen LogP contribution in [0, 0.1) is 13.8 Å². The molecule has 7 heteroatoms. The number of nitrogens with one attached hydrogen (secondary N) is 2. The fourth-order valence-electron chi connectivity index (χ4n) is 2.73. The number of hydrogen-bond donors (Lipinski definition) is 2. The third-order valence-electron chi connectivity index (χ3n) is 4.12. The van der Waals surface area contributed by atoms with Gasteiger partial charge < -0.3 is 10.6 Å². The molecule has 5 nitrogen and oxygen atoms in total. The highest BCUT2D eigenvalue weighted by atomic mass is 127. The summed E-state index contributed by atoms with van der Waals surface area (Å²) in [6, 6.07) is 8.06. The molecule has 0 saturated heterocycles. The number of aliphatic imine (C=N–C) groups is 1. The molecule has 1 aromatic heterocycles. The van der Waals surface area contributed by atoms with E-state index in [1.807, 2.05) is 36.0 Å². The van der Waals surface area contributed by atoms with E-state index < -0.39 is 0 Å². The first kappa shape index (κ1) is 21.8. The van der Waals surface area contributed by atoms with Gasteiger partial charge in [0.15, 0.2) is 5.96 Å². The number of aryl methyl sites for hydroxylation is 2. The molecule has 0 radical (unpaired) electrons. The Labute approximate surface area is 172 Å². The lowest BCUT2D eigenvalue weighted by molar-refractivity contribution is 0.635. The molecule has 0 amide bonds. The zero-order valence-electron chi connectivity index (χ0n) is 15.4. The zero-order chi connectivity index (χ0) is 17.7. The molecule has 0 spiro atoms. The molecular formula is C18H27ClIN5. The molecule has 0 bridgehead atoms. The van der Waals surface area contributed by atoms with Gasteiger partial charge in [-0.25, -0.2) is 0 Å². The van der Waals surface area contributed by atoms with Crippen molar-refractivity contribution in [2.75, 3.05) is 7.05 Å². The largest absolute Gasteiger partial charge is 0.354 e. The molecule has 25 heavy (non-hydrogen) atoms. The minimum Gasteiger partial charge on any atom is -0.354 e. The highest BCUT2D eigenvalue weighted by Gasteiger charge is 2.13. The zero-order valence-corrected chi connectivity index (χ0v) is 18.5. The van der Waals surface area contributed by atoms with Crippen molar-refractivity contribution >= 4 is 41.5 Å². The predicted octanol–water partition coefficient (Wildman–Crippen LogP) is 3.60. The molecule has 0 aliphatic rings. The van der Waals surface area contributed by atoms with Crippen molar-refractivity contribution in [2.24, 2.45) is 12.0 Å². The molecule has 0 fully saturated rings. The smallest absolute Gasteiger partial charge is 0.191 e. The van der Waals surface area contributed by atoms with Gasteiger partial charge in [-0.05, 0) is 50.5 Å². The predicted molar refractivity (Wildman–Crippen MR) is 116 cm³/mol. The lowest BCUT2D eigenvalue weighted by Crippen LogP contribution is -2.42. The van der Waals surface area contributed by atoms with E-state index in [1.165, 1.54) is 11.3 Å². The number of hydrogen-bond acceptors (Lipinski definition) is 2. The summed E-state index contributed by atoms with van der Waals surface area (Å²) in [6.07, 6.45) is 0.906. The second-order valence-corrected chi connectivity index (χ2v) is 6.51. The fourth-order valence-corrected chi connectivity index (χ4v) is 2.94. The van der Waals surface area contributed by atoms with Crippen molar-refractivity contribution in [3.63, 3.8) is 0 Å². The maximum Gasteiger partial charge on any atom is 0.191 e. The van der Waals surface area contributed by atoms with Crippen LogP contribution >= 0.6 is 35.6 Å². The number of halogens is 2. The van der Waals surface area contributed by atoms with Gasteiger partial charge in [0, 0.05) is 37.4 Å². The summed E-state index contributed by atoms with van der Waals surface area (Å²) in [5.41, 5.74) is 4.72. The maximum absolute atomic E-state index is 6.02. The van der Waals surface area contributed by atoms with E-state index in [2.05, 4.69) is 41.5 Å². The summed E-state index contributed by atoms with van der Waals surface area (Å²) >= 11 is 6.02. The molecule has 0 aliphatic heterocycles. The van der Waals surface area contributed by atoms with E-state index in [4.69, 9.17) is 11.6 Å². The lowest BCUT2D eigenvalue weighted by atomic mass is 10.1. The van der Waals surface area contributed by atoms with Crippen LogP contribution < -0.4 is 10.6 Å². The summed E-state index contributed by atoms with van der Waals surface area (Å²) in [7, 11) is 3.76. The van der Waals surface area contributed by atoms with Crippen LogP contribution in [0.15, 0.2) is 29.3 Å². The number of nitrogens with zero attached hydrogens (tertiary/aromatic N) is 3. The molecule has 1 atom stereocenters.